The van der Waals surface area contributed by atoms with E-state index >= 15 is 0 Å². The van der Waals surface area contributed by atoms with Crippen LogP contribution < -0.4 is 15.1 Å². The number of fused-ring (bicyclic) bond motifs is 1. The zero-order valence-corrected chi connectivity index (χ0v) is 12.1. The van der Waals surface area contributed by atoms with Gasteiger partial charge in [0, 0.05) is 6.07 Å². The van der Waals surface area contributed by atoms with Gasteiger partial charge >= 0.3 is 5.63 Å². The molecule has 5 nitrogen and oxygen atoms in total. The van der Waals surface area contributed by atoms with Crippen molar-refractivity contribution in [3.8, 4) is 28.4 Å². The van der Waals surface area contributed by atoms with Crippen molar-refractivity contribution in [3.63, 3.8) is 0 Å². The number of aromatic hydroxyl groups is 1. The van der Waals surface area contributed by atoms with Crippen molar-refractivity contribution in [2.45, 2.75) is 0 Å². The minimum Gasteiger partial charge on any atom is -0.506 e. The molecular formula is C17H14O5. The molecule has 0 fully saturated rings. The van der Waals surface area contributed by atoms with Crippen LogP contribution in [-0.2, 0) is 0 Å². The fourth-order valence-corrected chi connectivity index (χ4v) is 2.33. The Morgan fingerprint density at radius 2 is 1.73 bits per heavy atom. The quantitative estimate of drug-likeness (QED) is 0.752. The van der Waals surface area contributed by atoms with E-state index in [4.69, 9.17) is 13.9 Å². The minimum atomic E-state index is -0.619. The molecule has 22 heavy (non-hydrogen) atoms. The Labute approximate surface area is 126 Å². The summed E-state index contributed by atoms with van der Waals surface area (Å²) >= 11 is 0. The number of hydrogen-bond acceptors (Lipinski definition) is 5. The third-order valence-corrected chi connectivity index (χ3v) is 3.45. The van der Waals surface area contributed by atoms with E-state index < -0.39 is 5.63 Å². The van der Waals surface area contributed by atoms with E-state index in [1.54, 1.807) is 42.5 Å². The van der Waals surface area contributed by atoms with Crippen LogP contribution in [0.2, 0.25) is 0 Å². The van der Waals surface area contributed by atoms with Gasteiger partial charge in [0.2, 0.25) is 0 Å². The zero-order valence-electron chi connectivity index (χ0n) is 12.1. The molecule has 0 atom stereocenters. The summed E-state index contributed by atoms with van der Waals surface area (Å²) in [5.74, 6) is 1.01. The standard InChI is InChI=1S/C17H14O5/c1-20-11-5-3-4-10(8-11)15-16(18)13-7-6-12(21-2)9-14(13)22-17(15)19/h3-9,18H,1-2H3. The zero-order chi connectivity index (χ0) is 15.7. The normalized spacial score (nSPS) is 10.6. The molecule has 0 unspecified atom stereocenters. The van der Waals surface area contributed by atoms with Crippen LogP contribution in [0.25, 0.3) is 22.1 Å². The van der Waals surface area contributed by atoms with Gasteiger partial charge in [-0.1, -0.05) is 12.1 Å². The fraction of sp³-hybridized carbons (Fsp3) is 0.118. The van der Waals surface area contributed by atoms with Crippen molar-refractivity contribution < 1.29 is 19.0 Å². The van der Waals surface area contributed by atoms with E-state index in [0.29, 0.717) is 22.4 Å². The van der Waals surface area contributed by atoms with Gasteiger partial charge in [0.1, 0.15) is 28.4 Å². The van der Waals surface area contributed by atoms with Crippen molar-refractivity contribution in [1.82, 2.24) is 0 Å². The fourth-order valence-electron chi connectivity index (χ4n) is 2.33. The van der Waals surface area contributed by atoms with Crippen LogP contribution in [0.15, 0.2) is 51.7 Å². The van der Waals surface area contributed by atoms with Crippen molar-refractivity contribution in [2.24, 2.45) is 0 Å². The summed E-state index contributed by atoms with van der Waals surface area (Å²) < 4.78 is 15.5. The van der Waals surface area contributed by atoms with Gasteiger partial charge in [0.15, 0.2) is 0 Å². The van der Waals surface area contributed by atoms with Crippen molar-refractivity contribution in [2.75, 3.05) is 14.2 Å². The molecule has 1 aromatic heterocycles. The summed E-state index contributed by atoms with van der Waals surface area (Å²) in [7, 11) is 3.05. The summed E-state index contributed by atoms with van der Waals surface area (Å²) in [5, 5.41) is 10.9. The van der Waals surface area contributed by atoms with E-state index in [0.717, 1.165) is 0 Å². The van der Waals surface area contributed by atoms with Gasteiger partial charge in [-0.2, -0.15) is 0 Å². The molecule has 0 amide bonds. The van der Waals surface area contributed by atoms with Gasteiger partial charge in [-0.25, -0.2) is 4.79 Å². The van der Waals surface area contributed by atoms with Gasteiger partial charge in [-0.3, -0.25) is 0 Å². The van der Waals surface area contributed by atoms with E-state index in [1.807, 2.05) is 0 Å². The molecule has 2 aromatic carbocycles. The Morgan fingerprint density at radius 1 is 1.00 bits per heavy atom. The molecule has 0 spiro atoms. The highest BCUT2D eigenvalue weighted by atomic mass is 16.5. The lowest BCUT2D eigenvalue weighted by molar-refractivity contribution is 0.413. The number of benzene rings is 2. The van der Waals surface area contributed by atoms with Gasteiger partial charge in [0.25, 0.3) is 0 Å². The van der Waals surface area contributed by atoms with E-state index in [1.165, 1.54) is 14.2 Å². The highest BCUT2D eigenvalue weighted by Gasteiger charge is 2.16. The average molecular weight is 298 g/mol. The first-order valence-corrected chi connectivity index (χ1v) is 6.62. The maximum absolute atomic E-state index is 12.2. The first-order valence-electron chi connectivity index (χ1n) is 6.62. The largest absolute Gasteiger partial charge is 0.506 e. The first-order chi connectivity index (χ1) is 10.6. The van der Waals surface area contributed by atoms with E-state index in [9.17, 15) is 9.90 Å². The average Bonchev–Trinajstić information content (AvgIpc) is 2.54. The molecule has 0 saturated heterocycles. The molecule has 0 aliphatic rings. The third kappa shape index (κ3) is 2.26. The summed E-state index contributed by atoms with van der Waals surface area (Å²) in [5.41, 5.74) is 0.292. The molecule has 5 heteroatoms. The Kier molecular flexibility index (Phi) is 3.47. The molecule has 112 valence electrons. The molecule has 1 heterocycles. The monoisotopic (exact) mass is 298 g/mol. The van der Waals surface area contributed by atoms with Gasteiger partial charge in [0.05, 0.1) is 19.6 Å². The predicted molar refractivity (Wildman–Crippen MR) is 82.7 cm³/mol. The lowest BCUT2D eigenvalue weighted by Gasteiger charge is -2.08. The summed E-state index contributed by atoms with van der Waals surface area (Å²) in [4.78, 5) is 12.2. The van der Waals surface area contributed by atoms with Crippen molar-refractivity contribution >= 4 is 11.0 Å². The predicted octanol–water partition coefficient (Wildman–Crippen LogP) is 3.18. The molecule has 3 aromatic rings. The third-order valence-electron chi connectivity index (χ3n) is 3.45. The Hall–Kier alpha value is -2.95. The van der Waals surface area contributed by atoms with E-state index in [2.05, 4.69) is 0 Å². The van der Waals surface area contributed by atoms with Crippen LogP contribution in [0.1, 0.15) is 0 Å². The lowest BCUT2D eigenvalue weighted by Crippen LogP contribution is -2.03. The molecular weight excluding hydrogens is 284 g/mol. The number of rotatable bonds is 3. The first kappa shape index (κ1) is 14.0. The topological polar surface area (TPSA) is 68.9 Å². The molecule has 0 saturated carbocycles. The maximum Gasteiger partial charge on any atom is 0.347 e. The number of hydrogen-bond donors (Lipinski definition) is 1. The van der Waals surface area contributed by atoms with Crippen molar-refractivity contribution in [3.05, 3.63) is 52.9 Å². The summed E-state index contributed by atoms with van der Waals surface area (Å²) in [6, 6.07) is 11.8. The molecule has 3 rings (SSSR count). The Balaban J connectivity index is 2.28. The van der Waals surface area contributed by atoms with Crippen LogP contribution in [0.3, 0.4) is 0 Å². The maximum atomic E-state index is 12.2. The van der Waals surface area contributed by atoms with Gasteiger partial charge < -0.3 is 19.0 Å². The highest BCUT2D eigenvalue weighted by Crippen LogP contribution is 2.35. The van der Waals surface area contributed by atoms with Crippen molar-refractivity contribution in [1.29, 1.82) is 0 Å². The number of ether oxygens (including phenoxy) is 2. The van der Waals surface area contributed by atoms with Gasteiger partial charge in [-0.15, -0.1) is 0 Å². The van der Waals surface area contributed by atoms with Crippen LogP contribution in [0.4, 0.5) is 0 Å². The smallest absolute Gasteiger partial charge is 0.347 e. The van der Waals surface area contributed by atoms with E-state index in [-0.39, 0.29) is 16.9 Å². The number of methoxy groups -OCH3 is 2. The SMILES string of the molecule is COc1cccc(-c2c(O)c3ccc(OC)cc3oc2=O)c1. The Morgan fingerprint density at radius 3 is 2.45 bits per heavy atom. The second-order valence-corrected chi connectivity index (χ2v) is 4.71. The minimum absolute atomic E-state index is 0.108. The van der Waals surface area contributed by atoms with Crippen LogP contribution in [0, 0.1) is 0 Å². The van der Waals surface area contributed by atoms with Crippen LogP contribution >= 0.6 is 0 Å². The van der Waals surface area contributed by atoms with Gasteiger partial charge in [-0.05, 0) is 29.8 Å². The molecule has 0 radical (unpaired) electrons. The van der Waals surface area contributed by atoms with Crippen LogP contribution in [0.5, 0.6) is 17.2 Å². The second-order valence-electron chi connectivity index (χ2n) is 4.71. The molecule has 0 aliphatic heterocycles. The lowest BCUT2D eigenvalue weighted by atomic mass is 10.0. The summed E-state index contributed by atoms with van der Waals surface area (Å²) in [6.07, 6.45) is 0. The van der Waals surface area contributed by atoms with Crippen LogP contribution in [-0.4, -0.2) is 19.3 Å². The second kappa shape index (κ2) is 5.44. The highest BCUT2D eigenvalue weighted by molar-refractivity contribution is 5.91. The molecule has 0 bridgehead atoms. The molecule has 0 aliphatic carbocycles. The Bertz CT molecular complexity index is 895. The summed E-state index contributed by atoms with van der Waals surface area (Å²) in [6.45, 7) is 0. The molecule has 1 N–H and O–H groups in total.